The van der Waals surface area contributed by atoms with Gasteiger partial charge in [0.25, 0.3) is 0 Å². The van der Waals surface area contributed by atoms with Crippen molar-refractivity contribution in [2.75, 3.05) is 43.7 Å². The number of amides is 7. The van der Waals surface area contributed by atoms with Crippen molar-refractivity contribution in [2.45, 2.75) is 86.6 Å². The molecule has 2 aliphatic rings. The second-order valence-electron chi connectivity index (χ2n) is 18.3. The number of nitrogens with one attached hydrogen (secondary N) is 6. The lowest BCUT2D eigenvalue weighted by Gasteiger charge is -2.26. The molecule has 0 radical (unpaired) electrons. The summed E-state index contributed by atoms with van der Waals surface area (Å²) in [6.07, 6.45) is -1.85. The minimum Gasteiger partial charge on any atom is -0.481 e. The Morgan fingerprint density at radius 1 is 0.762 bits per heavy atom. The minimum atomic E-state index is -1.82. The average Bonchev–Trinajstić information content (AvgIpc) is 4.12. The second kappa shape index (κ2) is 30.5. The van der Waals surface area contributed by atoms with E-state index >= 15 is 0 Å². The summed E-state index contributed by atoms with van der Waals surface area (Å²) >= 11 is 1.30. The zero-order chi connectivity index (χ0) is 57.7. The van der Waals surface area contributed by atoms with Crippen LogP contribution in [0.4, 0.5) is 4.79 Å². The fourth-order valence-corrected chi connectivity index (χ4v) is 11.4. The first kappa shape index (κ1) is 61.4. The zero-order valence-electron chi connectivity index (χ0n) is 43.8. The van der Waals surface area contributed by atoms with E-state index in [-0.39, 0.29) is 61.7 Å². The van der Waals surface area contributed by atoms with Gasteiger partial charge < -0.3 is 63.1 Å². The van der Waals surface area contributed by atoms with Crippen LogP contribution in [0.3, 0.4) is 0 Å². The molecule has 426 valence electrons. The third kappa shape index (κ3) is 17.6. The van der Waals surface area contributed by atoms with E-state index in [4.69, 9.17) is 20.9 Å². The molecule has 1 heterocycles. The van der Waals surface area contributed by atoms with Gasteiger partial charge in [0.2, 0.25) is 35.4 Å². The first-order valence-electron chi connectivity index (χ1n) is 25.5. The van der Waals surface area contributed by atoms with Crippen LogP contribution in [0.1, 0.15) is 55.7 Å². The van der Waals surface area contributed by atoms with Crippen molar-refractivity contribution in [1.82, 2.24) is 36.8 Å². The first-order chi connectivity index (χ1) is 38.5. The smallest absolute Gasteiger partial charge is 0.411 e. The summed E-state index contributed by atoms with van der Waals surface area (Å²) in [5, 5.41) is 34.5. The van der Waals surface area contributed by atoms with Crippen molar-refractivity contribution in [3.63, 3.8) is 0 Å². The topological polar surface area (TPSA) is 352 Å². The Labute approximate surface area is 473 Å². The van der Waals surface area contributed by atoms with Crippen molar-refractivity contribution in [3.05, 3.63) is 120 Å². The van der Waals surface area contributed by atoms with Crippen molar-refractivity contribution < 1.29 is 62.8 Å². The summed E-state index contributed by atoms with van der Waals surface area (Å²) in [5.41, 5.74) is 15.7. The number of carboxylic acids is 1. The van der Waals surface area contributed by atoms with E-state index in [9.17, 15) is 53.4 Å². The van der Waals surface area contributed by atoms with E-state index in [0.29, 0.717) is 10.5 Å². The van der Waals surface area contributed by atoms with Gasteiger partial charge >= 0.3 is 18.0 Å². The lowest BCUT2D eigenvalue weighted by molar-refractivity contribution is -0.141. The molecule has 4 aromatic rings. The summed E-state index contributed by atoms with van der Waals surface area (Å²) < 4.78 is 11.5. The molecule has 6 rings (SSSR count). The molecule has 0 spiro atoms. The van der Waals surface area contributed by atoms with Gasteiger partial charge in [-0.1, -0.05) is 120 Å². The van der Waals surface area contributed by atoms with E-state index in [0.717, 1.165) is 28.0 Å². The van der Waals surface area contributed by atoms with Gasteiger partial charge in [-0.2, -0.15) is 0 Å². The number of carboxylic acid groups (broad SMARTS) is 1. The number of nitrogens with zero attached hydrogens (tertiary/aromatic N) is 2. The fourth-order valence-electron chi connectivity index (χ4n) is 8.57. The summed E-state index contributed by atoms with van der Waals surface area (Å²) in [6, 6.07) is 22.7. The molecule has 80 heavy (non-hydrogen) atoms. The van der Waals surface area contributed by atoms with Crippen LogP contribution >= 0.6 is 33.3 Å². The number of para-hydroxylation sites is 1. The van der Waals surface area contributed by atoms with Crippen LogP contribution in [-0.2, 0) is 49.5 Å². The quantitative estimate of drug-likeness (QED) is 0.00971. The van der Waals surface area contributed by atoms with Gasteiger partial charge in [-0.25, -0.2) is 9.59 Å². The van der Waals surface area contributed by atoms with Crippen molar-refractivity contribution >= 4 is 92.8 Å². The molecule has 4 aromatic carbocycles. The number of nitrogens with two attached hydrogens (primary N) is 2. The molecular weight excluding hydrogens is 1090 g/mol. The maximum Gasteiger partial charge on any atom is 0.411 e. The molecule has 6 atom stereocenters. The number of carbonyl (C=O) groups excluding carboxylic acids is 8. The summed E-state index contributed by atoms with van der Waals surface area (Å²) in [4.78, 5) is 126. The number of benzene rings is 4. The Hall–Kier alpha value is -7.81. The maximum atomic E-state index is 13.8. The molecule has 1 saturated heterocycles. The molecule has 1 aliphatic carbocycles. The van der Waals surface area contributed by atoms with Crippen molar-refractivity contribution in [2.24, 2.45) is 16.5 Å². The number of rotatable bonds is 28. The first-order valence-corrected chi connectivity index (χ1v) is 28.9. The number of hydrogen-bond donors (Lipinski definition) is 10. The van der Waals surface area contributed by atoms with Crippen molar-refractivity contribution in [3.8, 4) is 16.9 Å². The third-order valence-corrected chi connectivity index (χ3v) is 16.0. The van der Waals surface area contributed by atoms with Gasteiger partial charge in [0.15, 0.2) is 5.96 Å². The number of aliphatic carboxylic acids is 1. The monoisotopic (exact) mass is 1160 g/mol. The number of guanidine groups is 1. The van der Waals surface area contributed by atoms with E-state index in [1.807, 2.05) is 55.5 Å². The molecule has 7 amide bonds. The lowest BCUT2D eigenvalue weighted by Crippen LogP contribution is -2.59. The van der Waals surface area contributed by atoms with Crippen LogP contribution in [0.5, 0.6) is 5.75 Å². The van der Waals surface area contributed by atoms with Gasteiger partial charge in [-0.05, 0) is 59.7 Å². The van der Waals surface area contributed by atoms with E-state index in [1.54, 1.807) is 65.4 Å². The minimum absolute atomic E-state index is 0.0121. The molecule has 0 aromatic heterocycles. The Morgan fingerprint density at radius 3 is 2.05 bits per heavy atom. The number of esters is 1. The largest absolute Gasteiger partial charge is 0.481 e. The number of thioether (sulfide) groups is 1. The van der Waals surface area contributed by atoms with Crippen LogP contribution in [0, 0.1) is 0 Å². The standard InChI is InChI=1S/C54H64N10O13S3/c1-3-79-80-44-22-12-11-21-43(44)77-52(74)40(24-32-14-5-4-6-15-32)60-45(66)26-58-48(70)41(27-65)63-49(71)38(20-13-23-57-53(55)56)61-50(72)39(25-46(67)68)62-47(69)31(2)59-51(73)42-29-78-30-64(42)54(75)76-28-37-35-18-9-7-16-33(35)34-17-8-10-19-36(34)37/h4-12,14-19,21-22,31,37-42,65H,3,13,20,23-30H2,1-2H3,(H,58,70)(H,59,73)(H,60,66)(H,61,72)(H,62,69)(H,63,71)(H,67,68)(H4,55,56,57)/t31-,38-,39-,40-,41-,42-/m0/s1. The number of aliphatic hydroxyl groups excluding tert-OH is 1. The second-order valence-corrected chi connectivity index (χ2v) is 21.9. The highest BCUT2D eigenvalue weighted by Crippen LogP contribution is 2.44. The fraction of sp³-hybridized carbons (Fsp3) is 0.370. The van der Waals surface area contributed by atoms with Gasteiger partial charge in [0.05, 0.1) is 30.3 Å². The van der Waals surface area contributed by atoms with Crippen LogP contribution < -0.4 is 48.1 Å². The van der Waals surface area contributed by atoms with Crippen LogP contribution in [0.15, 0.2) is 113 Å². The molecule has 1 aliphatic heterocycles. The highest BCUT2D eigenvalue weighted by Gasteiger charge is 2.39. The predicted molar refractivity (Wildman–Crippen MR) is 302 cm³/mol. The Morgan fingerprint density at radius 2 is 1.39 bits per heavy atom. The Balaban J connectivity index is 1.04. The molecule has 12 N–H and O–H groups in total. The van der Waals surface area contributed by atoms with Gasteiger partial charge in [0, 0.05) is 30.4 Å². The van der Waals surface area contributed by atoms with Gasteiger partial charge in [0.1, 0.15) is 48.6 Å². The predicted octanol–water partition coefficient (Wildman–Crippen LogP) is 2.00. The highest BCUT2D eigenvalue weighted by atomic mass is 33.1. The highest BCUT2D eigenvalue weighted by molar-refractivity contribution is 8.76. The molecule has 23 nitrogen and oxygen atoms in total. The van der Waals surface area contributed by atoms with E-state index in [1.165, 1.54) is 34.4 Å². The molecule has 26 heteroatoms. The van der Waals surface area contributed by atoms with Gasteiger partial charge in [-0.15, -0.1) is 11.8 Å². The number of hydrogen-bond acceptors (Lipinski definition) is 16. The van der Waals surface area contributed by atoms with Crippen LogP contribution in [-0.4, -0.2) is 154 Å². The number of fused-ring (bicyclic) bond motifs is 3. The normalized spacial score (nSPS) is 15.2. The van der Waals surface area contributed by atoms with Crippen LogP contribution in [0.2, 0.25) is 0 Å². The number of ether oxygens (including phenoxy) is 2. The van der Waals surface area contributed by atoms with Crippen LogP contribution in [0.25, 0.3) is 11.1 Å². The SMILES string of the molecule is CCSSc1ccccc1OC(=O)[C@H](Cc1ccccc1)NC(=O)CNC(=O)[C@H](CO)NC(=O)[C@H](CCCN=C(N)N)NC(=O)[C@H](CC(=O)O)NC(=O)[C@H](C)NC(=O)[C@@H]1CSCN1C(=O)OCC1c2ccccc2-c2ccccc21. The number of aliphatic hydroxyl groups is 1. The van der Waals surface area contributed by atoms with E-state index < -0.39 is 109 Å². The molecule has 1 fully saturated rings. The molecule has 0 unspecified atom stereocenters. The van der Waals surface area contributed by atoms with Gasteiger partial charge in [-0.3, -0.25) is 43.5 Å². The van der Waals surface area contributed by atoms with Crippen molar-refractivity contribution in [1.29, 1.82) is 0 Å². The number of aliphatic imine (C=N–C) groups is 1. The average molecular weight is 1160 g/mol. The number of carbonyl (C=O) groups is 9. The Bertz CT molecular complexity index is 2850. The molecule has 0 bridgehead atoms. The summed E-state index contributed by atoms with van der Waals surface area (Å²) in [6.45, 7) is 1.54. The summed E-state index contributed by atoms with van der Waals surface area (Å²) in [7, 11) is 2.97. The van der Waals surface area contributed by atoms with E-state index in [2.05, 4.69) is 36.9 Å². The molecule has 0 saturated carbocycles. The third-order valence-electron chi connectivity index (χ3n) is 12.6. The Kier molecular flexibility index (Phi) is 23.4. The molecular formula is C54H64N10O13S3. The summed E-state index contributed by atoms with van der Waals surface area (Å²) in [5.74, 6) is -7.15. The lowest BCUT2D eigenvalue weighted by atomic mass is 9.98. The maximum absolute atomic E-state index is 13.8. The zero-order valence-corrected chi connectivity index (χ0v) is 46.2.